The van der Waals surface area contributed by atoms with Crippen LogP contribution < -0.4 is 4.72 Å². The van der Waals surface area contributed by atoms with Gasteiger partial charge in [-0.1, -0.05) is 0 Å². The molecule has 8 heteroatoms. The Labute approximate surface area is 115 Å². The molecule has 0 aliphatic rings. The van der Waals surface area contributed by atoms with Gasteiger partial charge in [-0.05, 0) is 26.0 Å². The lowest BCUT2D eigenvalue weighted by molar-refractivity contribution is 0.0661. The number of carboxylic acid groups (broad SMARTS) is 1. The Hall–Kier alpha value is -2.06. The summed E-state index contributed by atoms with van der Waals surface area (Å²) in [6, 6.07) is 3.68. The topological polar surface area (TPSA) is 110 Å². The molecule has 2 heterocycles. The van der Waals surface area contributed by atoms with Crippen molar-refractivity contribution >= 4 is 16.0 Å². The Morgan fingerprint density at radius 3 is 2.65 bits per heavy atom. The van der Waals surface area contributed by atoms with Gasteiger partial charge in [-0.2, -0.15) is 0 Å². The van der Waals surface area contributed by atoms with Gasteiger partial charge in [-0.3, -0.25) is 0 Å². The van der Waals surface area contributed by atoms with Gasteiger partial charge < -0.3 is 13.9 Å². The van der Waals surface area contributed by atoms with Crippen LogP contribution in [-0.2, 0) is 10.0 Å². The molecule has 0 fully saturated rings. The van der Waals surface area contributed by atoms with Crippen molar-refractivity contribution in [3.8, 4) is 0 Å². The molecule has 0 amide bonds. The highest BCUT2D eigenvalue weighted by atomic mass is 32.2. The van der Waals surface area contributed by atoms with Crippen LogP contribution in [0.25, 0.3) is 0 Å². The van der Waals surface area contributed by atoms with Gasteiger partial charge in [0.2, 0.25) is 15.8 Å². The van der Waals surface area contributed by atoms with Crippen LogP contribution in [0.15, 0.2) is 38.2 Å². The maximum Gasteiger partial charge on any atom is 0.371 e. The second kappa shape index (κ2) is 5.14. The lowest BCUT2D eigenvalue weighted by Gasteiger charge is -2.11. The highest BCUT2D eigenvalue weighted by molar-refractivity contribution is 7.89. The van der Waals surface area contributed by atoms with Crippen molar-refractivity contribution in [3.63, 3.8) is 0 Å². The normalized spacial score (nSPS) is 13.3. The van der Waals surface area contributed by atoms with Crippen LogP contribution in [-0.4, -0.2) is 19.5 Å². The predicted molar refractivity (Wildman–Crippen MR) is 67.8 cm³/mol. The summed E-state index contributed by atoms with van der Waals surface area (Å²) < 4.78 is 36.8. The number of carboxylic acids is 1. The van der Waals surface area contributed by atoms with Gasteiger partial charge in [-0.15, -0.1) is 0 Å². The summed E-state index contributed by atoms with van der Waals surface area (Å²) in [5.41, 5.74) is 0. The molecule has 0 radical (unpaired) electrons. The molecule has 0 aliphatic carbocycles. The van der Waals surface area contributed by atoms with Crippen LogP contribution in [0.4, 0.5) is 0 Å². The van der Waals surface area contributed by atoms with Gasteiger partial charge in [0.15, 0.2) is 0 Å². The first-order chi connectivity index (χ1) is 9.31. The summed E-state index contributed by atoms with van der Waals surface area (Å²) >= 11 is 0. The van der Waals surface area contributed by atoms with E-state index in [9.17, 15) is 13.2 Å². The summed E-state index contributed by atoms with van der Waals surface area (Å²) in [7, 11) is -3.90. The minimum atomic E-state index is -3.90. The zero-order chi connectivity index (χ0) is 14.9. The SMILES string of the molecule is Cc1oc(C(=O)O)cc1S(=O)(=O)N[C@H](C)c1ccco1. The Morgan fingerprint density at radius 1 is 1.45 bits per heavy atom. The van der Waals surface area contributed by atoms with Gasteiger partial charge in [0.25, 0.3) is 0 Å². The van der Waals surface area contributed by atoms with Crippen molar-refractivity contribution in [1.29, 1.82) is 0 Å². The number of hydrogen-bond acceptors (Lipinski definition) is 5. The van der Waals surface area contributed by atoms with Crippen molar-refractivity contribution in [3.05, 3.63) is 41.7 Å². The monoisotopic (exact) mass is 299 g/mol. The van der Waals surface area contributed by atoms with E-state index in [1.165, 1.54) is 13.2 Å². The van der Waals surface area contributed by atoms with Crippen molar-refractivity contribution < 1.29 is 27.2 Å². The largest absolute Gasteiger partial charge is 0.475 e. The number of rotatable bonds is 5. The molecular formula is C12H13NO6S. The van der Waals surface area contributed by atoms with Crippen molar-refractivity contribution in [2.75, 3.05) is 0 Å². The fourth-order valence-electron chi connectivity index (χ4n) is 1.73. The van der Waals surface area contributed by atoms with Crippen LogP contribution >= 0.6 is 0 Å². The average molecular weight is 299 g/mol. The van der Waals surface area contributed by atoms with E-state index in [0.717, 1.165) is 6.07 Å². The van der Waals surface area contributed by atoms with Crippen molar-refractivity contribution in [2.45, 2.75) is 24.8 Å². The van der Waals surface area contributed by atoms with Gasteiger partial charge in [0.05, 0.1) is 12.3 Å². The maximum absolute atomic E-state index is 12.2. The Bertz CT molecular complexity index is 713. The molecule has 0 aromatic carbocycles. The fraction of sp³-hybridized carbons (Fsp3) is 0.250. The van der Waals surface area contributed by atoms with Gasteiger partial charge >= 0.3 is 5.97 Å². The molecule has 0 bridgehead atoms. The van der Waals surface area contributed by atoms with Crippen LogP contribution in [0.3, 0.4) is 0 Å². The molecule has 2 aromatic rings. The number of furan rings is 2. The smallest absolute Gasteiger partial charge is 0.371 e. The minimum absolute atomic E-state index is 0.0153. The molecule has 2 aromatic heterocycles. The third-order valence-corrected chi connectivity index (χ3v) is 4.32. The van der Waals surface area contributed by atoms with Gasteiger partial charge in [-0.25, -0.2) is 17.9 Å². The van der Waals surface area contributed by atoms with Crippen LogP contribution in [0.2, 0.25) is 0 Å². The van der Waals surface area contributed by atoms with E-state index < -0.39 is 27.8 Å². The molecule has 2 N–H and O–H groups in total. The van der Waals surface area contributed by atoms with E-state index in [-0.39, 0.29) is 10.7 Å². The van der Waals surface area contributed by atoms with E-state index in [2.05, 4.69) is 4.72 Å². The second-order valence-electron chi connectivity index (χ2n) is 4.19. The van der Waals surface area contributed by atoms with E-state index in [0.29, 0.717) is 5.76 Å². The van der Waals surface area contributed by atoms with Crippen LogP contribution in [0, 0.1) is 6.92 Å². The highest BCUT2D eigenvalue weighted by Gasteiger charge is 2.26. The third kappa shape index (κ3) is 2.75. The number of aryl methyl sites for hydroxylation is 1. The second-order valence-corrected chi connectivity index (χ2v) is 5.88. The zero-order valence-electron chi connectivity index (χ0n) is 10.8. The molecule has 0 spiro atoms. The zero-order valence-corrected chi connectivity index (χ0v) is 11.6. The van der Waals surface area contributed by atoms with E-state index in [1.807, 2.05) is 0 Å². The summed E-state index contributed by atoms with van der Waals surface area (Å²) in [5.74, 6) is -1.28. The standard InChI is InChI=1S/C12H13NO6S/c1-7(9-4-3-5-18-9)13-20(16,17)11-6-10(12(14)15)19-8(11)2/h3-7,13H,1-2H3,(H,14,15)/t7-/m1/s1. The molecular weight excluding hydrogens is 286 g/mol. The summed E-state index contributed by atoms with van der Waals surface area (Å²) in [6.45, 7) is 3.00. The number of aromatic carboxylic acids is 1. The molecule has 0 saturated heterocycles. The molecule has 108 valence electrons. The van der Waals surface area contributed by atoms with Gasteiger partial charge in [0, 0.05) is 6.07 Å². The van der Waals surface area contributed by atoms with E-state index in [1.54, 1.807) is 19.1 Å². The van der Waals surface area contributed by atoms with Crippen LogP contribution in [0.1, 0.15) is 35.0 Å². The molecule has 0 aliphatic heterocycles. The molecule has 0 unspecified atom stereocenters. The maximum atomic E-state index is 12.2. The predicted octanol–water partition coefficient (Wildman–Crippen LogP) is 1.92. The van der Waals surface area contributed by atoms with E-state index >= 15 is 0 Å². The first-order valence-electron chi connectivity index (χ1n) is 5.70. The van der Waals surface area contributed by atoms with Gasteiger partial charge in [0.1, 0.15) is 16.4 Å². The number of carbonyl (C=O) groups is 1. The fourth-order valence-corrected chi connectivity index (χ4v) is 3.12. The summed E-state index contributed by atoms with van der Waals surface area (Å²) in [4.78, 5) is 10.6. The molecule has 2 rings (SSSR count). The Kier molecular flexibility index (Phi) is 3.69. The Balaban J connectivity index is 2.29. The lowest BCUT2D eigenvalue weighted by Crippen LogP contribution is -2.26. The number of nitrogens with one attached hydrogen (secondary N) is 1. The third-order valence-electron chi connectivity index (χ3n) is 2.67. The lowest BCUT2D eigenvalue weighted by atomic mass is 10.3. The first-order valence-corrected chi connectivity index (χ1v) is 7.19. The summed E-state index contributed by atoms with van der Waals surface area (Å²) in [6.07, 6.45) is 1.44. The minimum Gasteiger partial charge on any atom is -0.475 e. The first kappa shape index (κ1) is 14.4. The molecule has 7 nitrogen and oxygen atoms in total. The van der Waals surface area contributed by atoms with Crippen molar-refractivity contribution in [2.24, 2.45) is 0 Å². The quantitative estimate of drug-likeness (QED) is 0.872. The highest BCUT2D eigenvalue weighted by Crippen LogP contribution is 2.22. The number of hydrogen-bond donors (Lipinski definition) is 2. The van der Waals surface area contributed by atoms with E-state index in [4.69, 9.17) is 13.9 Å². The average Bonchev–Trinajstić information content (AvgIpc) is 2.96. The van der Waals surface area contributed by atoms with Crippen molar-refractivity contribution in [1.82, 2.24) is 4.72 Å². The Morgan fingerprint density at radius 2 is 2.15 bits per heavy atom. The molecule has 20 heavy (non-hydrogen) atoms. The van der Waals surface area contributed by atoms with Crippen LogP contribution in [0.5, 0.6) is 0 Å². The molecule has 1 atom stereocenters. The summed E-state index contributed by atoms with van der Waals surface area (Å²) in [5, 5.41) is 8.80. The molecule has 0 saturated carbocycles. The number of sulfonamides is 1.